The molecule has 0 spiro atoms. The number of ether oxygens (including phenoxy) is 3. The third-order valence-corrected chi connectivity index (χ3v) is 12.6. The number of unbranched alkanes of at least 4 members (excludes halogenated alkanes) is 26. The summed E-state index contributed by atoms with van der Waals surface area (Å²) in [5.41, 5.74) is 0. The molecule has 6 heteroatoms. The Hall–Kier alpha value is -3.67. The third kappa shape index (κ3) is 57.1. The van der Waals surface area contributed by atoms with Gasteiger partial charge in [-0.2, -0.15) is 0 Å². The highest BCUT2D eigenvalue weighted by Gasteiger charge is 2.19. The second-order valence-electron chi connectivity index (χ2n) is 19.5. The van der Waals surface area contributed by atoms with Crippen molar-refractivity contribution in [2.45, 2.75) is 284 Å². The summed E-state index contributed by atoms with van der Waals surface area (Å²) < 4.78 is 16.8. The normalized spacial score (nSPS) is 12.8. The van der Waals surface area contributed by atoms with E-state index in [9.17, 15) is 14.4 Å². The number of hydrogen-bond donors (Lipinski definition) is 0. The van der Waals surface area contributed by atoms with Gasteiger partial charge in [0.1, 0.15) is 13.2 Å². The number of rotatable bonds is 53. The molecule has 0 aromatic heterocycles. The monoisotopic (exact) mass is 987 g/mol. The highest BCUT2D eigenvalue weighted by molar-refractivity contribution is 5.71. The molecular formula is C65H110O6. The number of hydrogen-bond acceptors (Lipinski definition) is 6. The first-order valence-corrected chi connectivity index (χ1v) is 29.7. The number of allylic oxidation sites excluding steroid dienone is 16. The summed E-state index contributed by atoms with van der Waals surface area (Å²) >= 11 is 0. The van der Waals surface area contributed by atoms with Crippen LogP contribution in [0.3, 0.4) is 0 Å². The highest BCUT2D eigenvalue weighted by Crippen LogP contribution is 2.16. The zero-order valence-corrected chi connectivity index (χ0v) is 46.5. The van der Waals surface area contributed by atoms with E-state index in [-0.39, 0.29) is 37.5 Å². The van der Waals surface area contributed by atoms with E-state index in [1.54, 1.807) is 0 Å². The molecule has 0 radical (unpaired) electrons. The van der Waals surface area contributed by atoms with Gasteiger partial charge in [-0.15, -0.1) is 0 Å². The van der Waals surface area contributed by atoms with E-state index in [2.05, 4.69) is 112 Å². The van der Waals surface area contributed by atoms with Crippen LogP contribution in [0.2, 0.25) is 0 Å². The van der Waals surface area contributed by atoms with Gasteiger partial charge in [0, 0.05) is 19.3 Å². The summed E-state index contributed by atoms with van der Waals surface area (Å²) in [5.74, 6) is -0.981. The fourth-order valence-corrected chi connectivity index (χ4v) is 8.21. The summed E-state index contributed by atoms with van der Waals surface area (Å²) in [5, 5.41) is 0. The summed E-state index contributed by atoms with van der Waals surface area (Å²) in [6.45, 7) is 6.37. The molecule has 0 saturated heterocycles. The van der Waals surface area contributed by atoms with E-state index in [1.807, 2.05) is 6.08 Å². The van der Waals surface area contributed by atoms with Crippen LogP contribution in [0.15, 0.2) is 97.2 Å². The Bertz CT molecular complexity index is 1410. The van der Waals surface area contributed by atoms with Gasteiger partial charge in [-0.25, -0.2) is 0 Å². The van der Waals surface area contributed by atoms with Crippen LogP contribution in [-0.2, 0) is 28.6 Å². The van der Waals surface area contributed by atoms with Crippen molar-refractivity contribution in [3.63, 3.8) is 0 Å². The first kappa shape index (κ1) is 67.3. The molecule has 0 saturated carbocycles. The quantitative estimate of drug-likeness (QED) is 0.0261. The molecule has 6 nitrogen and oxygen atoms in total. The number of carbonyl (C=O) groups is 3. The Morgan fingerprint density at radius 1 is 0.296 bits per heavy atom. The van der Waals surface area contributed by atoms with E-state index in [0.717, 1.165) is 89.9 Å². The third-order valence-electron chi connectivity index (χ3n) is 12.6. The topological polar surface area (TPSA) is 78.9 Å². The molecule has 1 atom stereocenters. The van der Waals surface area contributed by atoms with Crippen LogP contribution in [0.25, 0.3) is 0 Å². The predicted octanol–water partition coefficient (Wildman–Crippen LogP) is 20.1. The van der Waals surface area contributed by atoms with Crippen molar-refractivity contribution in [1.29, 1.82) is 0 Å². The molecule has 0 rings (SSSR count). The molecule has 0 aromatic rings. The van der Waals surface area contributed by atoms with Crippen LogP contribution in [0.4, 0.5) is 0 Å². The SMILES string of the molecule is CC/C=C\C/C=C\C/C=C\C/C=C\CCCCCCCCCCCCC(=O)OCC(COC(=O)CC/C=C\C/C=C\C/C=C\C/C=C\CC)OC(=O)CCCCCCCCCCCCCCCCCCC. The summed E-state index contributed by atoms with van der Waals surface area (Å²) in [6, 6.07) is 0. The summed E-state index contributed by atoms with van der Waals surface area (Å²) in [6.07, 6.45) is 78.5. The van der Waals surface area contributed by atoms with E-state index < -0.39 is 6.10 Å². The minimum absolute atomic E-state index is 0.1000. The summed E-state index contributed by atoms with van der Waals surface area (Å²) in [7, 11) is 0. The molecule has 0 aliphatic rings. The minimum Gasteiger partial charge on any atom is -0.462 e. The number of carbonyl (C=O) groups excluding carboxylic acids is 3. The maximum atomic E-state index is 12.9. The molecule has 406 valence electrons. The molecule has 0 aromatic carbocycles. The molecule has 0 bridgehead atoms. The van der Waals surface area contributed by atoms with E-state index in [4.69, 9.17) is 14.2 Å². The average molecular weight is 988 g/mol. The van der Waals surface area contributed by atoms with Crippen LogP contribution in [0.1, 0.15) is 278 Å². The molecule has 0 fully saturated rings. The lowest BCUT2D eigenvalue weighted by Gasteiger charge is -2.18. The summed E-state index contributed by atoms with van der Waals surface area (Å²) in [4.78, 5) is 38.2. The van der Waals surface area contributed by atoms with E-state index in [1.165, 1.54) is 141 Å². The zero-order valence-electron chi connectivity index (χ0n) is 46.5. The van der Waals surface area contributed by atoms with Crippen molar-refractivity contribution < 1.29 is 28.6 Å². The maximum absolute atomic E-state index is 12.9. The molecule has 0 aliphatic heterocycles. The highest BCUT2D eigenvalue weighted by atomic mass is 16.6. The molecule has 0 heterocycles. The van der Waals surface area contributed by atoms with Gasteiger partial charge < -0.3 is 14.2 Å². The van der Waals surface area contributed by atoms with Gasteiger partial charge >= 0.3 is 17.9 Å². The molecule has 0 amide bonds. The molecule has 1 unspecified atom stereocenters. The van der Waals surface area contributed by atoms with Crippen molar-refractivity contribution in [2.75, 3.05) is 13.2 Å². The lowest BCUT2D eigenvalue weighted by molar-refractivity contribution is -0.166. The lowest BCUT2D eigenvalue weighted by Crippen LogP contribution is -2.30. The Labute approximate surface area is 438 Å². The Morgan fingerprint density at radius 2 is 0.577 bits per heavy atom. The van der Waals surface area contributed by atoms with Crippen molar-refractivity contribution >= 4 is 17.9 Å². The molecule has 0 N–H and O–H groups in total. The van der Waals surface area contributed by atoms with Crippen LogP contribution >= 0.6 is 0 Å². The standard InChI is InChI=1S/C65H110O6/c1-4-7-10-13-16-19-22-25-27-29-30-31-32-33-34-36-37-40-43-46-49-52-55-58-64(67)70-61-62(60-69-63(66)57-54-51-48-45-42-39-24-21-18-15-12-9-6-3)71-65(68)59-56-53-50-47-44-41-38-35-28-26-23-20-17-14-11-8-5-2/h7,9-10,12,16,18-19,21,25,27,30-31,39,42,48,51,62H,4-6,8,11,13-15,17,20,22-24,26,28-29,32-38,40-41,43-47,49-50,52-61H2,1-3H3/b10-7-,12-9-,19-16-,21-18-,27-25-,31-30-,42-39-,51-48-. The first-order valence-electron chi connectivity index (χ1n) is 29.7. The van der Waals surface area contributed by atoms with Gasteiger partial charge in [-0.1, -0.05) is 272 Å². The van der Waals surface area contributed by atoms with Crippen molar-refractivity contribution in [2.24, 2.45) is 0 Å². The smallest absolute Gasteiger partial charge is 0.306 e. The largest absolute Gasteiger partial charge is 0.462 e. The predicted molar refractivity (Wildman–Crippen MR) is 307 cm³/mol. The van der Waals surface area contributed by atoms with Crippen molar-refractivity contribution in [3.8, 4) is 0 Å². The fourth-order valence-electron chi connectivity index (χ4n) is 8.21. The van der Waals surface area contributed by atoms with Gasteiger partial charge in [0.2, 0.25) is 0 Å². The molecule has 0 aliphatic carbocycles. The van der Waals surface area contributed by atoms with Crippen LogP contribution in [0, 0.1) is 0 Å². The Morgan fingerprint density at radius 3 is 0.944 bits per heavy atom. The first-order chi connectivity index (χ1) is 35.0. The van der Waals surface area contributed by atoms with Crippen LogP contribution in [0.5, 0.6) is 0 Å². The van der Waals surface area contributed by atoms with Gasteiger partial charge in [0.05, 0.1) is 0 Å². The second-order valence-corrected chi connectivity index (χ2v) is 19.5. The molecule has 71 heavy (non-hydrogen) atoms. The van der Waals surface area contributed by atoms with Crippen molar-refractivity contribution in [3.05, 3.63) is 97.2 Å². The fraction of sp³-hybridized carbons (Fsp3) is 0.708. The maximum Gasteiger partial charge on any atom is 0.306 e. The van der Waals surface area contributed by atoms with Crippen LogP contribution < -0.4 is 0 Å². The van der Waals surface area contributed by atoms with E-state index in [0.29, 0.717) is 19.3 Å². The van der Waals surface area contributed by atoms with Gasteiger partial charge in [-0.3, -0.25) is 14.4 Å². The van der Waals surface area contributed by atoms with E-state index >= 15 is 0 Å². The Kier molecular flexibility index (Phi) is 55.9. The second kappa shape index (κ2) is 58.9. The van der Waals surface area contributed by atoms with Gasteiger partial charge in [-0.05, 0) is 83.5 Å². The minimum atomic E-state index is -0.807. The van der Waals surface area contributed by atoms with Crippen LogP contribution in [-0.4, -0.2) is 37.2 Å². The van der Waals surface area contributed by atoms with Crippen molar-refractivity contribution in [1.82, 2.24) is 0 Å². The Balaban J connectivity index is 4.38. The van der Waals surface area contributed by atoms with Gasteiger partial charge in [0.15, 0.2) is 6.10 Å². The van der Waals surface area contributed by atoms with Gasteiger partial charge in [0.25, 0.3) is 0 Å². The average Bonchev–Trinajstić information content (AvgIpc) is 3.37. The lowest BCUT2D eigenvalue weighted by atomic mass is 10.0. The zero-order chi connectivity index (χ0) is 51.4. The number of esters is 3. The molecular weight excluding hydrogens is 877 g/mol.